The molecule has 147 valence electrons. The van der Waals surface area contributed by atoms with Crippen LogP contribution in [0, 0.1) is 0 Å². The molecule has 0 aromatic heterocycles. The second-order valence-corrected chi connectivity index (χ2v) is 20.7. The molecular formula is C17H38O4Si3V. The normalized spacial score (nSPS) is 12.5. The van der Waals surface area contributed by atoms with Crippen molar-refractivity contribution < 1.29 is 36.3 Å². The molecule has 1 radical (unpaired) electrons. The summed E-state index contributed by atoms with van der Waals surface area (Å²) in [5.74, 6) is -0.308. The summed E-state index contributed by atoms with van der Waals surface area (Å²) < 4.78 is 18.2. The van der Waals surface area contributed by atoms with Crippen molar-refractivity contribution in [3.63, 3.8) is 0 Å². The SMILES string of the molecule is C=C(C)C(=O)OCCC[Si](C)(C)O[Si](C)(C)O[Si](C)(C)CCCC.[V]. The van der Waals surface area contributed by atoms with Gasteiger partial charge >= 0.3 is 14.5 Å². The number of hydrogen-bond donors (Lipinski definition) is 0. The maximum atomic E-state index is 11.4. The minimum Gasteiger partial charge on any atom is -0.462 e. The molecule has 0 aromatic carbocycles. The molecule has 0 aliphatic rings. The zero-order valence-corrected chi connectivity index (χ0v) is 21.9. The fourth-order valence-corrected chi connectivity index (χ4v) is 17.0. The molecule has 0 spiro atoms. The van der Waals surface area contributed by atoms with Crippen molar-refractivity contribution in [1.82, 2.24) is 0 Å². The number of carbonyl (C=O) groups is 1. The van der Waals surface area contributed by atoms with Crippen LogP contribution in [0.2, 0.25) is 51.4 Å². The van der Waals surface area contributed by atoms with Gasteiger partial charge in [-0.25, -0.2) is 4.79 Å². The molecule has 0 heterocycles. The molecule has 0 atom stereocenters. The van der Waals surface area contributed by atoms with Crippen molar-refractivity contribution in [2.45, 2.75) is 84.5 Å². The van der Waals surface area contributed by atoms with Crippen molar-refractivity contribution in [3.8, 4) is 0 Å². The predicted octanol–water partition coefficient (Wildman–Crippen LogP) is 5.44. The number of hydrogen-bond acceptors (Lipinski definition) is 4. The quantitative estimate of drug-likeness (QED) is 0.175. The topological polar surface area (TPSA) is 44.8 Å². The Labute approximate surface area is 170 Å². The van der Waals surface area contributed by atoms with Crippen LogP contribution >= 0.6 is 0 Å². The van der Waals surface area contributed by atoms with E-state index in [2.05, 4.69) is 52.8 Å². The Morgan fingerprint density at radius 1 is 0.920 bits per heavy atom. The Balaban J connectivity index is 0. The van der Waals surface area contributed by atoms with Crippen LogP contribution in [0.25, 0.3) is 0 Å². The second kappa shape index (κ2) is 11.9. The molecule has 0 unspecified atom stereocenters. The van der Waals surface area contributed by atoms with Gasteiger partial charge in [0.25, 0.3) is 0 Å². The molecule has 0 N–H and O–H groups in total. The summed E-state index contributed by atoms with van der Waals surface area (Å²) in [6.45, 7) is 21.3. The zero-order valence-electron chi connectivity index (χ0n) is 17.5. The first kappa shape index (κ1) is 27.6. The Morgan fingerprint density at radius 3 is 1.76 bits per heavy atom. The van der Waals surface area contributed by atoms with Gasteiger partial charge in [-0.2, -0.15) is 0 Å². The average Bonchev–Trinajstić information content (AvgIpc) is 2.38. The molecule has 0 rings (SSSR count). The molecule has 4 nitrogen and oxygen atoms in total. The second-order valence-electron chi connectivity index (χ2n) is 8.25. The number of unbranched alkanes of at least 4 members (excludes halogenated alkanes) is 1. The zero-order chi connectivity index (χ0) is 19.0. The molecule has 0 aliphatic carbocycles. The molecule has 0 saturated heterocycles. The smallest absolute Gasteiger partial charge is 0.333 e. The largest absolute Gasteiger partial charge is 0.462 e. The van der Waals surface area contributed by atoms with E-state index < -0.39 is 25.2 Å². The van der Waals surface area contributed by atoms with E-state index in [4.69, 9.17) is 13.0 Å². The molecule has 25 heavy (non-hydrogen) atoms. The first-order valence-corrected chi connectivity index (χ1v) is 18.1. The molecule has 0 aromatic rings. The maximum Gasteiger partial charge on any atom is 0.333 e. The van der Waals surface area contributed by atoms with Crippen LogP contribution in [-0.2, 0) is 36.3 Å². The molecule has 0 aliphatic heterocycles. The Morgan fingerprint density at radius 2 is 1.36 bits per heavy atom. The Bertz CT molecular complexity index is 426. The summed E-state index contributed by atoms with van der Waals surface area (Å²) in [6.07, 6.45) is 3.28. The van der Waals surface area contributed by atoms with Gasteiger partial charge in [0.05, 0.1) is 6.61 Å². The molecule has 8 heteroatoms. The van der Waals surface area contributed by atoms with E-state index in [-0.39, 0.29) is 24.5 Å². The van der Waals surface area contributed by atoms with Crippen LogP contribution in [0.5, 0.6) is 0 Å². The third kappa shape index (κ3) is 14.1. The van der Waals surface area contributed by atoms with E-state index in [1.807, 2.05) is 0 Å². The molecule has 0 fully saturated rings. The van der Waals surface area contributed by atoms with Gasteiger partial charge in [-0.15, -0.1) is 0 Å². The Kier molecular flexibility index (Phi) is 13.2. The van der Waals surface area contributed by atoms with E-state index in [9.17, 15) is 4.79 Å². The van der Waals surface area contributed by atoms with Gasteiger partial charge in [-0.3, -0.25) is 0 Å². The van der Waals surface area contributed by atoms with Crippen LogP contribution in [0.15, 0.2) is 12.2 Å². The predicted molar refractivity (Wildman–Crippen MR) is 110 cm³/mol. The third-order valence-electron chi connectivity index (χ3n) is 3.68. The van der Waals surface area contributed by atoms with Gasteiger partial charge in [0.1, 0.15) is 0 Å². The summed E-state index contributed by atoms with van der Waals surface area (Å²) in [6, 6.07) is 2.16. The van der Waals surface area contributed by atoms with Crippen LogP contribution in [0.4, 0.5) is 0 Å². The van der Waals surface area contributed by atoms with E-state index in [0.717, 1.165) is 12.5 Å². The van der Waals surface area contributed by atoms with Gasteiger partial charge in [-0.05, 0) is 64.7 Å². The summed E-state index contributed by atoms with van der Waals surface area (Å²) >= 11 is 0. The number of esters is 1. The van der Waals surface area contributed by atoms with Crippen molar-refractivity contribution in [3.05, 3.63) is 12.2 Å². The minimum atomic E-state index is -2.12. The number of ether oxygens (including phenoxy) is 1. The standard InChI is InChI=1S/C17H38O4Si3.V/c1-10-11-14-22(4,5)20-24(8,9)21-23(6,7)15-12-13-19-17(18)16(2)3;/h2,10-15H2,1,3-9H3;. The van der Waals surface area contributed by atoms with E-state index in [1.54, 1.807) is 6.92 Å². The van der Waals surface area contributed by atoms with Crippen LogP contribution < -0.4 is 0 Å². The van der Waals surface area contributed by atoms with Crippen molar-refractivity contribution in [2.24, 2.45) is 0 Å². The molecule has 0 bridgehead atoms. The number of carbonyl (C=O) groups excluding carboxylic acids is 1. The van der Waals surface area contributed by atoms with E-state index >= 15 is 0 Å². The maximum absolute atomic E-state index is 11.4. The van der Waals surface area contributed by atoms with E-state index in [0.29, 0.717) is 12.2 Å². The van der Waals surface area contributed by atoms with Gasteiger partial charge in [0, 0.05) is 24.1 Å². The summed E-state index contributed by atoms with van der Waals surface area (Å²) in [5, 5.41) is 0. The van der Waals surface area contributed by atoms with E-state index in [1.165, 1.54) is 18.9 Å². The van der Waals surface area contributed by atoms with Gasteiger partial charge in [0.15, 0.2) is 16.6 Å². The summed E-state index contributed by atoms with van der Waals surface area (Å²) in [4.78, 5) is 11.4. The van der Waals surface area contributed by atoms with Crippen LogP contribution in [0.1, 0.15) is 33.1 Å². The fraction of sp³-hybridized carbons (Fsp3) is 0.824. The monoisotopic (exact) mass is 441 g/mol. The van der Waals surface area contributed by atoms with Gasteiger partial charge in [0.2, 0.25) is 0 Å². The molecule has 0 saturated carbocycles. The van der Waals surface area contributed by atoms with Gasteiger partial charge < -0.3 is 13.0 Å². The number of rotatable bonds is 12. The van der Waals surface area contributed by atoms with Crippen LogP contribution in [0.3, 0.4) is 0 Å². The van der Waals surface area contributed by atoms with Gasteiger partial charge in [-0.1, -0.05) is 26.3 Å². The van der Waals surface area contributed by atoms with Crippen molar-refractivity contribution >= 4 is 31.2 Å². The fourth-order valence-electron chi connectivity index (χ4n) is 2.84. The Hall–Kier alpha value is 0.365. The first-order valence-electron chi connectivity index (χ1n) is 9.03. The van der Waals surface area contributed by atoms with Crippen LogP contribution in [-0.4, -0.2) is 37.8 Å². The third-order valence-corrected chi connectivity index (χ3v) is 15.2. The van der Waals surface area contributed by atoms with Crippen molar-refractivity contribution in [2.75, 3.05) is 6.61 Å². The van der Waals surface area contributed by atoms with Crippen molar-refractivity contribution in [1.29, 1.82) is 0 Å². The molecule has 0 amide bonds. The summed E-state index contributed by atoms with van der Waals surface area (Å²) in [5.41, 5.74) is 0.448. The average molecular weight is 442 g/mol. The minimum absolute atomic E-state index is 0. The summed E-state index contributed by atoms with van der Waals surface area (Å²) in [7, 11) is -5.59. The first-order chi connectivity index (χ1) is 10.8. The molecular weight excluding hydrogens is 403 g/mol.